The fourth-order valence-electron chi connectivity index (χ4n) is 2.01. The lowest BCUT2D eigenvalue weighted by Gasteiger charge is -2.18. The highest BCUT2D eigenvalue weighted by Gasteiger charge is 2.43. The molecule has 122 valence electrons. The molecule has 22 heavy (non-hydrogen) atoms. The van der Waals surface area contributed by atoms with Crippen molar-refractivity contribution in [2.75, 3.05) is 32.1 Å². The molecular weight excluding hydrogens is 318 g/mol. The topological polar surface area (TPSA) is 70.6 Å². The average molecular weight is 342 g/mol. The second kappa shape index (κ2) is 7.37. The summed E-state index contributed by atoms with van der Waals surface area (Å²) in [5.74, 6) is 0.765. The van der Waals surface area contributed by atoms with Crippen LogP contribution in [0.3, 0.4) is 0 Å². The van der Waals surface area contributed by atoms with Gasteiger partial charge in [0, 0.05) is 36.0 Å². The van der Waals surface area contributed by atoms with Crippen LogP contribution >= 0.6 is 11.8 Å². The summed E-state index contributed by atoms with van der Waals surface area (Å²) in [6.45, 7) is 1.20. The first-order valence-electron chi connectivity index (χ1n) is 7.29. The second-order valence-electron chi connectivity index (χ2n) is 5.58. The highest BCUT2D eigenvalue weighted by molar-refractivity contribution is 8.01. The third-order valence-electron chi connectivity index (χ3n) is 3.45. The highest BCUT2D eigenvalue weighted by Crippen LogP contribution is 2.51. The molecule has 1 aromatic rings. The maximum absolute atomic E-state index is 11.1. The van der Waals surface area contributed by atoms with Crippen LogP contribution in [-0.4, -0.2) is 51.3 Å². The fourth-order valence-corrected chi connectivity index (χ4v) is 3.73. The molecule has 0 saturated heterocycles. The summed E-state index contributed by atoms with van der Waals surface area (Å²) in [5, 5.41) is 6.34. The monoisotopic (exact) mass is 341 g/mol. The summed E-state index contributed by atoms with van der Waals surface area (Å²) >= 11 is 1.90. The van der Waals surface area contributed by atoms with E-state index in [-0.39, 0.29) is 10.5 Å². The number of hydrogen-bond acceptors (Lipinski definition) is 4. The number of nitrogens with zero attached hydrogens (tertiary/aromatic N) is 1. The number of rotatable bonds is 7. The van der Waals surface area contributed by atoms with E-state index in [1.165, 1.54) is 24.0 Å². The molecule has 0 bridgehead atoms. The van der Waals surface area contributed by atoms with E-state index in [1.807, 2.05) is 17.8 Å². The van der Waals surface area contributed by atoms with Crippen molar-refractivity contribution in [3.63, 3.8) is 0 Å². The minimum atomic E-state index is -2.95. The van der Waals surface area contributed by atoms with E-state index in [1.54, 1.807) is 7.05 Å². The number of aliphatic imine (C=N–C) groups is 1. The molecule has 1 fully saturated rings. The maximum Gasteiger partial charge on any atom is 0.191 e. The van der Waals surface area contributed by atoms with Gasteiger partial charge >= 0.3 is 0 Å². The minimum absolute atomic E-state index is 0.109. The molecule has 0 radical (unpaired) electrons. The summed E-state index contributed by atoms with van der Waals surface area (Å²) in [5.41, 5.74) is 0. The molecule has 1 aromatic carbocycles. The lowest BCUT2D eigenvalue weighted by molar-refractivity contribution is 0.600. The van der Waals surface area contributed by atoms with Gasteiger partial charge in [-0.1, -0.05) is 18.2 Å². The molecule has 5 nitrogen and oxygen atoms in total. The lowest BCUT2D eigenvalue weighted by atomic mass is 10.4. The van der Waals surface area contributed by atoms with Crippen molar-refractivity contribution in [3.8, 4) is 0 Å². The zero-order chi connectivity index (χ0) is 16.1. The summed E-state index contributed by atoms with van der Waals surface area (Å²) < 4.78 is 22.5. The Labute approximate surface area is 136 Å². The molecule has 0 aromatic heterocycles. The van der Waals surface area contributed by atoms with Crippen LogP contribution in [0.1, 0.15) is 12.8 Å². The summed E-state index contributed by atoms with van der Waals surface area (Å²) in [6, 6.07) is 10.4. The van der Waals surface area contributed by atoms with Gasteiger partial charge in [-0.05, 0) is 25.0 Å². The van der Waals surface area contributed by atoms with Crippen molar-refractivity contribution in [1.29, 1.82) is 0 Å². The summed E-state index contributed by atoms with van der Waals surface area (Å²) in [6.07, 6.45) is 3.60. The number of thioether (sulfide) groups is 1. The Hall–Kier alpha value is -1.21. The smallest absolute Gasteiger partial charge is 0.191 e. The van der Waals surface area contributed by atoms with Gasteiger partial charge in [0.15, 0.2) is 5.96 Å². The lowest BCUT2D eigenvalue weighted by Crippen LogP contribution is -2.42. The maximum atomic E-state index is 11.1. The van der Waals surface area contributed by atoms with Crippen LogP contribution in [0.2, 0.25) is 0 Å². The fraction of sp³-hybridized carbons (Fsp3) is 0.533. The van der Waals surface area contributed by atoms with Gasteiger partial charge in [-0.3, -0.25) is 4.99 Å². The molecule has 0 spiro atoms. The van der Waals surface area contributed by atoms with Crippen LogP contribution < -0.4 is 10.6 Å². The molecule has 0 heterocycles. The summed E-state index contributed by atoms with van der Waals surface area (Å²) in [7, 11) is -1.25. The van der Waals surface area contributed by atoms with Gasteiger partial charge in [0.2, 0.25) is 0 Å². The van der Waals surface area contributed by atoms with E-state index in [0.29, 0.717) is 12.5 Å². The minimum Gasteiger partial charge on any atom is -0.355 e. The van der Waals surface area contributed by atoms with E-state index in [0.717, 1.165) is 6.54 Å². The van der Waals surface area contributed by atoms with Crippen molar-refractivity contribution in [3.05, 3.63) is 30.3 Å². The van der Waals surface area contributed by atoms with E-state index in [2.05, 4.69) is 39.9 Å². The van der Waals surface area contributed by atoms with Crippen LogP contribution in [0, 0.1) is 0 Å². The Morgan fingerprint density at radius 2 is 1.95 bits per heavy atom. The second-order valence-corrected chi connectivity index (χ2v) is 9.38. The van der Waals surface area contributed by atoms with Crippen LogP contribution in [0.4, 0.5) is 0 Å². The van der Waals surface area contributed by atoms with Crippen LogP contribution in [0.25, 0.3) is 0 Å². The van der Waals surface area contributed by atoms with Crippen molar-refractivity contribution in [2.45, 2.75) is 22.5 Å². The Morgan fingerprint density at radius 1 is 1.27 bits per heavy atom. The molecule has 2 rings (SSSR count). The van der Waals surface area contributed by atoms with Crippen LogP contribution in [0.15, 0.2) is 40.2 Å². The molecule has 7 heteroatoms. The van der Waals surface area contributed by atoms with Crippen molar-refractivity contribution in [1.82, 2.24) is 10.6 Å². The van der Waals surface area contributed by atoms with Gasteiger partial charge in [0.1, 0.15) is 9.84 Å². The molecular formula is C15H23N3O2S2. The molecule has 2 N–H and O–H groups in total. The standard InChI is InChI=1S/C15H23N3O2S2/c1-16-14(17-10-11-22(2,19)20)18-12-15(8-9-15)21-13-6-4-3-5-7-13/h3-7H,8-12H2,1-2H3,(H2,16,17,18). The normalized spacial score (nSPS) is 17.1. The number of benzene rings is 1. The highest BCUT2D eigenvalue weighted by atomic mass is 32.2. The quantitative estimate of drug-likeness (QED) is 0.581. The van der Waals surface area contributed by atoms with E-state index < -0.39 is 9.84 Å². The third-order valence-corrected chi connectivity index (χ3v) is 5.89. The summed E-state index contributed by atoms with van der Waals surface area (Å²) in [4.78, 5) is 5.42. The predicted molar refractivity (Wildman–Crippen MR) is 93.3 cm³/mol. The van der Waals surface area contributed by atoms with Crippen LogP contribution in [0.5, 0.6) is 0 Å². The van der Waals surface area contributed by atoms with Gasteiger partial charge in [-0.2, -0.15) is 0 Å². The number of hydrogen-bond donors (Lipinski definition) is 2. The zero-order valence-corrected chi connectivity index (χ0v) is 14.6. The molecule has 1 aliphatic rings. The largest absolute Gasteiger partial charge is 0.355 e. The number of guanidine groups is 1. The molecule has 1 aliphatic carbocycles. The van der Waals surface area contributed by atoms with Gasteiger partial charge < -0.3 is 10.6 Å². The van der Waals surface area contributed by atoms with Gasteiger partial charge in [-0.15, -0.1) is 11.8 Å². The van der Waals surface area contributed by atoms with Crippen molar-refractivity contribution >= 4 is 27.6 Å². The molecule has 0 unspecified atom stereocenters. The number of nitrogens with one attached hydrogen (secondary N) is 2. The Kier molecular flexibility index (Phi) is 5.74. The molecule has 0 amide bonds. The van der Waals surface area contributed by atoms with Crippen molar-refractivity contribution in [2.24, 2.45) is 4.99 Å². The predicted octanol–water partition coefficient (Wildman–Crippen LogP) is 1.52. The first-order chi connectivity index (χ1) is 10.4. The van der Waals surface area contributed by atoms with Crippen LogP contribution in [-0.2, 0) is 9.84 Å². The third kappa shape index (κ3) is 5.88. The zero-order valence-electron chi connectivity index (χ0n) is 13.0. The van der Waals surface area contributed by atoms with E-state index in [9.17, 15) is 8.42 Å². The van der Waals surface area contributed by atoms with Gasteiger partial charge in [0.05, 0.1) is 5.75 Å². The first-order valence-corrected chi connectivity index (χ1v) is 10.2. The first kappa shape index (κ1) is 17.1. The van der Waals surface area contributed by atoms with Gasteiger partial charge in [-0.25, -0.2) is 8.42 Å². The Morgan fingerprint density at radius 3 is 2.50 bits per heavy atom. The molecule has 0 atom stereocenters. The Bertz CT molecular complexity index is 611. The molecule has 1 saturated carbocycles. The molecule has 0 aliphatic heterocycles. The van der Waals surface area contributed by atoms with Crippen molar-refractivity contribution < 1.29 is 8.42 Å². The number of sulfone groups is 1. The average Bonchev–Trinajstić information content (AvgIpc) is 3.22. The van der Waals surface area contributed by atoms with E-state index in [4.69, 9.17) is 0 Å². The van der Waals surface area contributed by atoms with E-state index >= 15 is 0 Å². The SMILES string of the molecule is CN=C(NCCS(C)(=O)=O)NCC1(Sc2ccccc2)CC1. The van der Waals surface area contributed by atoms with Gasteiger partial charge in [0.25, 0.3) is 0 Å². The Balaban J connectivity index is 1.78.